The van der Waals surface area contributed by atoms with Crippen molar-refractivity contribution in [3.05, 3.63) is 46.0 Å². The van der Waals surface area contributed by atoms with E-state index in [2.05, 4.69) is 43.2 Å². The number of halogens is 1. The van der Waals surface area contributed by atoms with Crippen molar-refractivity contribution in [1.29, 1.82) is 0 Å². The van der Waals surface area contributed by atoms with E-state index < -0.39 is 0 Å². The minimum atomic E-state index is -0.100. The van der Waals surface area contributed by atoms with Gasteiger partial charge in [-0.3, -0.25) is 9.89 Å². The van der Waals surface area contributed by atoms with E-state index in [-0.39, 0.29) is 17.8 Å². The van der Waals surface area contributed by atoms with Crippen LogP contribution in [-0.4, -0.2) is 32.5 Å². The lowest BCUT2D eigenvalue weighted by Gasteiger charge is -2.24. The first kappa shape index (κ1) is 13.3. The van der Waals surface area contributed by atoms with Crippen molar-refractivity contribution in [3.8, 4) is 0 Å². The van der Waals surface area contributed by atoms with E-state index in [0.29, 0.717) is 5.82 Å². The smallest absolute Gasteiger partial charge is 0.294 e. The van der Waals surface area contributed by atoms with Crippen molar-refractivity contribution in [1.82, 2.24) is 20.1 Å². The molecule has 0 saturated carbocycles. The molecule has 0 radical (unpaired) electrons. The van der Waals surface area contributed by atoms with Gasteiger partial charge < -0.3 is 4.90 Å². The molecule has 0 aliphatic carbocycles. The number of benzene rings is 1. The van der Waals surface area contributed by atoms with Crippen LogP contribution in [0.15, 0.2) is 28.7 Å². The average Bonchev–Trinajstić information content (AvgIpc) is 3.06. The normalized spacial score (nSPS) is 18.5. The van der Waals surface area contributed by atoms with Crippen molar-refractivity contribution < 1.29 is 4.79 Å². The Morgan fingerprint density at radius 1 is 1.50 bits per heavy atom. The fraction of sp³-hybridized carbons (Fsp3) is 0.357. The van der Waals surface area contributed by atoms with Gasteiger partial charge in [0.2, 0.25) is 5.82 Å². The van der Waals surface area contributed by atoms with Crippen LogP contribution >= 0.6 is 15.9 Å². The molecular formula is C14H15BrN4O. The largest absolute Gasteiger partial charge is 0.329 e. The van der Waals surface area contributed by atoms with Gasteiger partial charge in [0.15, 0.2) is 0 Å². The molecule has 3 rings (SSSR count). The van der Waals surface area contributed by atoms with Gasteiger partial charge in [0.1, 0.15) is 5.82 Å². The topological polar surface area (TPSA) is 61.9 Å². The van der Waals surface area contributed by atoms with Gasteiger partial charge in [-0.1, -0.05) is 28.1 Å². The van der Waals surface area contributed by atoms with E-state index in [1.165, 1.54) is 0 Å². The molecule has 0 spiro atoms. The van der Waals surface area contributed by atoms with E-state index in [1.807, 2.05) is 17.0 Å². The number of aromatic nitrogens is 3. The van der Waals surface area contributed by atoms with Crippen molar-refractivity contribution in [3.63, 3.8) is 0 Å². The molecule has 1 unspecified atom stereocenters. The van der Waals surface area contributed by atoms with Crippen LogP contribution in [0.25, 0.3) is 0 Å². The molecule has 5 nitrogen and oxygen atoms in total. The quantitative estimate of drug-likeness (QED) is 0.918. The molecule has 20 heavy (non-hydrogen) atoms. The van der Waals surface area contributed by atoms with Gasteiger partial charge in [0.25, 0.3) is 5.91 Å². The van der Waals surface area contributed by atoms with Crippen molar-refractivity contribution in [2.24, 2.45) is 0 Å². The van der Waals surface area contributed by atoms with Crippen molar-refractivity contribution in [2.45, 2.75) is 25.8 Å². The number of amides is 1. The highest BCUT2D eigenvalue weighted by Gasteiger charge is 2.32. The summed E-state index contributed by atoms with van der Waals surface area (Å²) < 4.78 is 1.03. The number of H-pyrrole nitrogens is 1. The van der Waals surface area contributed by atoms with E-state index in [0.717, 1.165) is 29.4 Å². The summed E-state index contributed by atoms with van der Waals surface area (Å²) in [4.78, 5) is 18.5. The van der Waals surface area contributed by atoms with Crippen molar-refractivity contribution in [2.75, 3.05) is 6.54 Å². The number of nitrogens with one attached hydrogen (secondary N) is 1. The molecule has 1 atom stereocenters. The summed E-state index contributed by atoms with van der Waals surface area (Å²) in [5.74, 6) is 0.813. The van der Waals surface area contributed by atoms with Crippen LogP contribution in [0.4, 0.5) is 0 Å². The van der Waals surface area contributed by atoms with Crippen LogP contribution in [0.3, 0.4) is 0 Å². The molecule has 1 aliphatic heterocycles. The lowest BCUT2D eigenvalue weighted by molar-refractivity contribution is 0.0723. The van der Waals surface area contributed by atoms with Crippen LogP contribution in [0.2, 0.25) is 0 Å². The average molecular weight is 335 g/mol. The Morgan fingerprint density at radius 2 is 2.35 bits per heavy atom. The van der Waals surface area contributed by atoms with Gasteiger partial charge in [-0.2, -0.15) is 0 Å². The van der Waals surface area contributed by atoms with Gasteiger partial charge in [0.05, 0.1) is 6.04 Å². The zero-order chi connectivity index (χ0) is 14.1. The number of rotatable bonds is 2. The highest BCUT2D eigenvalue weighted by atomic mass is 79.9. The van der Waals surface area contributed by atoms with E-state index in [1.54, 1.807) is 6.92 Å². The van der Waals surface area contributed by atoms with E-state index in [9.17, 15) is 4.79 Å². The van der Waals surface area contributed by atoms with Crippen LogP contribution in [-0.2, 0) is 0 Å². The molecule has 1 aromatic carbocycles. The highest BCUT2D eigenvalue weighted by molar-refractivity contribution is 9.10. The Hall–Kier alpha value is -1.69. The number of aromatic amines is 1. The molecule has 104 valence electrons. The molecule has 1 saturated heterocycles. The Labute approximate surface area is 125 Å². The van der Waals surface area contributed by atoms with Crippen molar-refractivity contribution >= 4 is 21.8 Å². The Bertz CT molecular complexity index is 640. The molecule has 6 heteroatoms. The molecule has 1 aliphatic rings. The minimum Gasteiger partial charge on any atom is -0.329 e. The number of hydrogen-bond donors (Lipinski definition) is 1. The fourth-order valence-electron chi connectivity index (χ4n) is 2.64. The number of likely N-dealkylation sites (tertiary alicyclic amines) is 1. The third-order valence-electron chi connectivity index (χ3n) is 3.54. The van der Waals surface area contributed by atoms with Gasteiger partial charge >= 0.3 is 0 Å². The van der Waals surface area contributed by atoms with Crippen LogP contribution < -0.4 is 0 Å². The molecule has 2 aromatic rings. The lowest BCUT2D eigenvalue weighted by Crippen LogP contribution is -2.31. The van der Waals surface area contributed by atoms with Crippen LogP contribution in [0, 0.1) is 6.92 Å². The standard InChI is InChI=1S/C14H15BrN4O/c1-9-16-13(18-17-9)14(20)19-7-3-6-12(19)10-4-2-5-11(15)8-10/h2,4-5,8,12H,3,6-7H2,1H3,(H,16,17,18). The SMILES string of the molecule is Cc1nc(C(=O)N2CCCC2c2cccc(Br)c2)n[nH]1. The number of hydrogen-bond acceptors (Lipinski definition) is 3. The minimum absolute atomic E-state index is 0.100. The monoisotopic (exact) mass is 334 g/mol. The lowest BCUT2D eigenvalue weighted by atomic mass is 10.0. The number of nitrogens with zero attached hydrogens (tertiary/aromatic N) is 3. The van der Waals surface area contributed by atoms with E-state index in [4.69, 9.17) is 0 Å². The molecule has 1 aromatic heterocycles. The summed E-state index contributed by atoms with van der Waals surface area (Å²) >= 11 is 3.48. The maximum absolute atomic E-state index is 12.5. The molecule has 1 amide bonds. The second kappa shape index (κ2) is 5.36. The maximum atomic E-state index is 12.5. The Balaban J connectivity index is 1.87. The summed E-state index contributed by atoms with van der Waals surface area (Å²) in [5.41, 5.74) is 1.15. The molecular weight excluding hydrogens is 320 g/mol. The third kappa shape index (κ3) is 2.47. The zero-order valence-corrected chi connectivity index (χ0v) is 12.7. The number of carbonyl (C=O) groups excluding carboxylic acids is 1. The molecule has 1 N–H and O–H groups in total. The fourth-order valence-corrected chi connectivity index (χ4v) is 3.05. The zero-order valence-electron chi connectivity index (χ0n) is 11.1. The molecule has 0 bridgehead atoms. The maximum Gasteiger partial charge on any atom is 0.294 e. The summed E-state index contributed by atoms with van der Waals surface area (Å²) in [6.45, 7) is 2.54. The summed E-state index contributed by atoms with van der Waals surface area (Å²) in [5, 5.41) is 6.69. The first-order chi connectivity index (χ1) is 9.65. The number of aryl methyl sites for hydroxylation is 1. The summed E-state index contributed by atoms with van der Waals surface area (Å²) in [6, 6.07) is 8.23. The predicted octanol–water partition coefficient (Wildman–Crippen LogP) is 2.85. The highest BCUT2D eigenvalue weighted by Crippen LogP contribution is 2.33. The molecule has 2 heterocycles. The van der Waals surface area contributed by atoms with E-state index >= 15 is 0 Å². The molecule has 1 fully saturated rings. The summed E-state index contributed by atoms with van der Waals surface area (Å²) in [6.07, 6.45) is 1.98. The van der Waals surface area contributed by atoms with Gasteiger partial charge in [0, 0.05) is 11.0 Å². The predicted molar refractivity (Wildman–Crippen MR) is 78.3 cm³/mol. The van der Waals surface area contributed by atoms with Gasteiger partial charge in [-0.15, -0.1) is 5.10 Å². The number of carbonyl (C=O) groups is 1. The first-order valence-electron chi connectivity index (χ1n) is 6.60. The second-order valence-electron chi connectivity index (χ2n) is 4.96. The summed E-state index contributed by atoms with van der Waals surface area (Å²) in [7, 11) is 0. The Morgan fingerprint density at radius 3 is 3.05 bits per heavy atom. The van der Waals surface area contributed by atoms with Crippen LogP contribution in [0.1, 0.15) is 40.9 Å². The third-order valence-corrected chi connectivity index (χ3v) is 4.03. The van der Waals surface area contributed by atoms with Gasteiger partial charge in [-0.25, -0.2) is 4.98 Å². The Kier molecular flexibility index (Phi) is 3.56. The second-order valence-corrected chi connectivity index (χ2v) is 5.87. The van der Waals surface area contributed by atoms with Gasteiger partial charge in [-0.05, 0) is 37.5 Å². The first-order valence-corrected chi connectivity index (χ1v) is 7.40. The van der Waals surface area contributed by atoms with Crippen LogP contribution in [0.5, 0.6) is 0 Å².